The van der Waals surface area contributed by atoms with Crippen LogP contribution >= 0.6 is 0 Å². The molecular formula is C19H22N6O3S. The minimum Gasteiger partial charge on any atom is -0.405 e. The van der Waals surface area contributed by atoms with E-state index >= 15 is 0 Å². The Hall–Kier alpha value is -3.40. The number of anilines is 3. The van der Waals surface area contributed by atoms with Crippen LogP contribution in [0.2, 0.25) is 0 Å². The zero-order valence-electron chi connectivity index (χ0n) is 15.8. The van der Waals surface area contributed by atoms with Crippen LogP contribution in [0.4, 0.5) is 17.3 Å². The van der Waals surface area contributed by atoms with Gasteiger partial charge in [0.1, 0.15) is 22.4 Å². The zero-order valence-corrected chi connectivity index (χ0v) is 16.6. The molecule has 0 aromatic carbocycles. The maximum absolute atomic E-state index is 12.7. The van der Waals surface area contributed by atoms with E-state index in [1.807, 2.05) is 0 Å². The highest BCUT2D eigenvalue weighted by Crippen LogP contribution is 2.36. The highest BCUT2D eigenvalue weighted by molar-refractivity contribution is 7.90. The van der Waals surface area contributed by atoms with Crippen molar-refractivity contribution in [2.75, 3.05) is 16.9 Å². The fraction of sp³-hybridized carbons (Fsp3) is 0.211. The van der Waals surface area contributed by atoms with Gasteiger partial charge in [-0.25, -0.2) is 18.4 Å². The molecule has 29 heavy (non-hydrogen) atoms. The van der Waals surface area contributed by atoms with Gasteiger partial charge in [-0.1, -0.05) is 0 Å². The lowest BCUT2D eigenvalue weighted by Crippen LogP contribution is -2.13. The molecular weight excluding hydrogens is 392 g/mol. The van der Waals surface area contributed by atoms with Crippen molar-refractivity contribution >= 4 is 32.9 Å². The Bertz CT molecular complexity index is 1090. The van der Waals surface area contributed by atoms with E-state index in [9.17, 15) is 13.2 Å². The van der Waals surface area contributed by atoms with Gasteiger partial charge in [0, 0.05) is 30.6 Å². The molecule has 0 atom stereocenters. The molecule has 2 aromatic heterocycles. The maximum Gasteiger partial charge on any atom is 0.179 e. The van der Waals surface area contributed by atoms with Crippen molar-refractivity contribution in [1.29, 1.82) is 0 Å². The van der Waals surface area contributed by atoms with Gasteiger partial charge in [-0.2, -0.15) is 0 Å². The lowest BCUT2D eigenvalue weighted by atomic mass is 10.1. The van der Waals surface area contributed by atoms with E-state index in [-0.39, 0.29) is 22.4 Å². The number of aromatic nitrogens is 2. The van der Waals surface area contributed by atoms with Crippen molar-refractivity contribution in [1.82, 2.24) is 9.97 Å². The topological polar surface area (TPSA) is 153 Å². The molecule has 0 aliphatic heterocycles. The molecule has 2 heterocycles. The van der Waals surface area contributed by atoms with Crippen LogP contribution in [0.5, 0.6) is 0 Å². The number of allylic oxidation sites excluding steroid dienone is 2. The molecule has 0 unspecified atom stereocenters. The van der Waals surface area contributed by atoms with Crippen LogP contribution in [0, 0.1) is 5.92 Å². The maximum atomic E-state index is 12.7. The number of nitrogens with zero attached hydrogens (tertiary/aromatic N) is 2. The second kappa shape index (κ2) is 8.31. The highest BCUT2D eigenvalue weighted by Gasteiger charge is 2.32. The third-order valence-corrected chi connectivity index (χ3v) is 5.33. The number of carbonyl (C=O) groups excluding carboxylic acids is 1. The fourth-order valence-corrected chi connectivity index (χ4v) is 3.43. The number of Topliss-reactive ketones (excluding diaryl/α,β-unsaturated/α-hetero) is 1. The average molecular weight is 414 g/mol. The molecule has 152 valence electrons. The van der Waals surface area contributed by atoms with Gasteiger partial charge in [-0.05, 0) is 43.3 Å². The van der Waals surface area contributed by atoms with Crippen molar-refractivity contribution in [2.24, 2.45) is 17.4 Å². The number of nitrogens with one attached hydrogen (secondary N) is 2. The number of carbonyl (C=O) groups is 1. The molecule has 1 aliphatic carbocycles. The molecule has 0 spiro atoms. The molecule has 0 saturated heterocycles. The average Bonchev–Trinajstić information content (AvgIpc) is 3.51. The molecule has 0 radical (unpaired) electrons. The predicted octanol–water partition coefficient (Wildman–Crippen LogP) is 1.90. The summed E-state index contributed by atoms with van der Waals surface area (Å²) < 4.78 is 24.2. The molecule has 6 N–H and O–H groups in total. The van der Waals surface area contributed by atoms with E-state index in [4.69, 9.17) is 11.5 Å². The molecule has 1 fully saturated rings. The number of pyridine rings is 2. The summed E-state index contributed by atoms with van der Waals surface area (Å²) in [6.45, 7) is 0. The molecule has 1 saturated carbocycles. The standard InChI is InChI=1S/C19H22N6O3S/c1-29(27,28)15-4-3-9-22-19(15)24-14-10-17(25-16(21)5-2-8-20)23-11-13(14)18(26)12-6-7-12/h2-5,8-12H,6-7,20-21H2,1H3,(H2,22,23,24,25)/b8-2-,16-5+. The largest absolute Gasteiger partial charge is 0.405 e. The Morgan fingerprint density at radius 2 is 2.07 bits per heavy atom. The van der Waals surface area contributed by atoms with E-state index in [0.717, 1.165) is 19.1 Å². The summed E-state index contributed by atoms with van der Waals surface area (Å²) in [5.41, 5.74) is 11.9. The highest BCUT2D eigenvalue weighted by atomic mass is 32.2. The number of hydrogen-bond acceptors (Lipinski definition) is 9. The SMILES string of the molecule is CS(=O)(=O)c1cccnc1Nc1cc(N/C(N)=C/C=C\N)ncc1C(=O)C1CC1. The van der Waals surface area contributed by atoms with E-state index in [1.165, 1.54) is 30.7 Å². The van der Waals surface area contributed by atoms with Crippen LogP contribution in [-0.2, 0) is 9.84 Å². The fourth-order valence-electron chi connectivity index (χ4n) is 2.65. The Morgan fingerprint density at radius 3 is 2.72 bits per heavy atom. The van der Waals surface area contributed by atoms with Crippen LogP contribution in [-0.4, -0.2) is 30.4 Å². The smallest absolute Gasteiger partial charge is 0.179 e. The number of ketones is 1. The molecule has 1 aliphatic rings. The Labute approximate surface area is 168 Å². The normalized spacial score (nSPS) is 14.7. The van der Waals surface area contributed by atoms with Gasteiger partial charge in [-0.15, -0.1) is 0 Å². The van der Waals surface area contributed by atoms with Gasteiger partial charge in [0.05, 0.1) is 11.3 Å². The van der Waals surface area contributed by atoms with E-state index < -0.39 is 9.84 Å². The second-order valence-corrected chi connectivity index (χ2v) is 8.62. The lowest BCUT2D eigenvalue weighted by Gasteiger charge is -2.15. The van der Waals surface area contributed by atoms with Gasteiger partial charge in [0.2, 0.25) is 0 Å². The third kappa shape index (κ3) is 5.11. The minimum absolute atomic E-state index is 0.0311. The first kappa shape index (κ1) is 20.3. The summed E-state index contributed by atoms with van der Waals surface area (Å²) in [7, 11) is -3.52. The summed E-state index contributed by atoms with van der Waals surface area (Å²) in [5.74, 6) is 0.718. The summed E-state index contributed by atoms with van der Waals surface area (Å²) in [5, 5.41) is 5.87. The van der Waals surface area contributed by atoms with Crippen LogP contribution in [0.3, 0.4) is 0 Å². The Morgan fingerprint density at radius 1 is 1.31 bits per heavy atom. The van der Waals surface area contributed by atoms with Crippen LogP contribution in [0.25, 0.3) is 0 Å². The summed E-state index contributed by atoms with van der Waals surface area (Å²) in [4.78, 5) is 21.1. The second-order valence-electron chi connectivity index (χ2n) is 6.63. The van der Waals surface area contributed by atoms with Gasteiger partial charge in [0.15, 0.2) is 15.6 Å². The van der Waals surface area contributed by atoms with Crippen LogP contribution in [0.1, 0.15) is 23.2 Å². The Kier molecular flexibility index (Phi) is 5.83. The van der Waals surface area contributed by atoms with E-state index in [0.29, 0.717) is 22.9 Å². The van der Waals surface area contributed by atoms with Crippen molar-refractivity contribution in [3.63, 3.8) is 0 Å². The van der Waals surface area contributed by atoms with Crippen LogP contribution < -0.4 is 22.1 Å². The first-order chi connectivity index (χ1) is 13.8. The molecule has 0 amide bonds. The molecule has 2 aromatic rings. The quantitative estimate of drug-likeness (QED) is 0.374. The zero-order chi connectivity index (χ0) is 21.0. The van der Waals surface area contributed by atoms with Gasteiger partial charge < -0.3 is 22.1 Å². The molecule has 9 nitrogen and oxygen atoms in total. The summed E-state index contributed by atoms with van der Waals surface area (Å²) >= 11 is 0. The summed E-state index contributed by atoms with van der Waals surface area (Å²) in [6.07, 6.45) is 10.1. The van der Waals surface area contributed by atoms with Crippen molar-refractivity contribution in [2.45, 2.75) is 17.7 Å². The number of rotatable bonds is 8. The van der Waals surface area contributed by atoms with Crippen molar-refractivity contribution < 1.29 is 13.2 Å². The Balaban J connectivity index is 2.01. The van der Waals surface area contributed by atoms with E-state index in [1.54, 1.807) is 18.2 Å². The number of nitrogens with two attached hydrogens (primary N) is 2. The number of sulfone groups is 1. The summed E-state index contributed by atoms with van der Waals surface area (Å²) in [6, 6.07) is 4.57. The molecule has 3 rings (SSSR count). The van der Waals surface area contributed by atoms with Gasteiger partial charge in [0.25, 0.3) is 0 Å². The monoisotopic (exact) mass is 414 g/mol. The van der Waals surface area contributed by atoms with Crippen molar-refractivity contribution in [3.05, 3.63) is 60.3 Å². The van der Waals surface area contributed by atoms with Gasteiger partial charge >= 0.3 is 0 Å². The third-order valence-electron chi connectivity index (χ3n) is 4.20. The van der Waals surface area contributed by atoms with E-state index in [2.05, 4.69) is 20.6 Å². The van der Waals surface area contributed by atoms with Gasteiger partial charge in [-0.3, -0.25) is 4.79 Å². The number of hydrogen-bond donors (Lipinski definition) is 4. The first-order valence-electron chi connectivity index (χ1n) is 8.87. The molecule has 10 heteroatoms. The minimum atomic E-state index is -3.52. The predicted molar refractivity (Wildman–Crippen MR) is 111 cm³/mol. The van der Waals surface area contributed by atoms with Crippen LogP contribution in [0.15, 0.2) is 59.7 Å². The van der Waals surface area contributed by atoms with Crippen molar-refractivity contribution in [3.8, 4) is 0 Å². The lowest BCUT2D eigenvalue weighted by molar-refractivity contribution is 0.0968. The first-order valence-corrected chi connectivity index (χ1v) is 10.8. The molecule has 0 bridgehead atoms.